The molecule has 20 heavy (non-hydrogen) atoms. The standard InChI is InChI=1S/C15H15BrN2OS/c16-12-6-13(20-9-12)8-18-15(19)14-5-10-3-1-2-4-11(10)7-17-14/h1-4,6,9,14,17H,5,7-8H2,(H,18,19)/t14-/m0/s1. The van der Waals surface area contributed by atoms with Crippen molar-refractivity contribution in [3.63, 3.8) is 0 Å². The van der Waals surface area contributed by atoms with E-state index in [-0.39, 0.29) is 11.9 Å². The Bertz CT molecular complexity index is 626. The minimum absolute atomic E-state index is 0.0732. The lowest BCUT2D eigenvalue weighted by atomic mass is 9.95. The third-order valence-corrected chi connectivity index (χ3v) is 5.15. The molecule has 2 heterocycles. The Hall–Kier alpha value is -1.17. The van der Waals surface area contributed by atoms with Crippen LogP contribution in [-0.4, -0.2) is 11.9 Å². The molecule has 1 aromatic carbocycles. The van der Waals surface area contributed by atoms with Crippen LogP contribution < -0.4 is 10.6 Å². The summed E-state index contributed by atoms with van der Waals surface area (Å²) in [4.78, 5) is 13.4. The van der Waals surface area contributed by atoms with Crippen molar-refractivity contribution >= 4 is 33.2 Å². The van der Waals surface area contributed by atoms with Crippen LogP contribution in [0.15, 0.2) is 40.2 Å². The van der Waals surface area contributed by atoms with Gasteiger partial charge in [0.1, 0.15) is 0 Å². The van der Waals surface area contributed by atoms with Gasteiger partial charge in [-0.05, 0) is 39.5 Å². The number of rotatable bonds is 3. The number of hydrogen-bond donors (Lipinski definition) is 2. The number of nitrogens with one attached hydrogen (secondary N) is 2. The van der Waals surface area contributed by atoms with Crippen molar-refractivity contribution in [1.82, 2.24) is 10.6 Å². The van der Waals surface area contributed by atoms with Gasteiger partial charge in [0.25, 0.3) is 0 Å². The molecule has 2 N–H and O–H groups in total. The van der Waals surface area contributed by atoms with Crippen molar-refractivity contribution < 1.29 is 4.79 Å². The van der Waals surface area contributed by atoms with E-state index in [4.69, 9.17) is 0 Å². The molecule has 0 fully saturated rings. The molecule has 0 spiro atoms. The number of benzene rings is 1. The van der Waals surface area contributed by atoms with Crippen LogP contribution >= 0.6 is 27.3 Å². The van der Waals surface area contributed by atoms with E-state index in [1.54, 1.807) is 11.3 Å². The number of carbonyl (C=O) groups excluding carboxylic acids is 1. The summed E-state index contributed by atoms with van der Waals surface area (Å²) in [5.41, 5.74) is 2.56. The van der Waals surface area contributed by atoms with Crippen LogP contribution in [-0.2, 0) is 24.3 Å². The largest absolute Gasteiger partial charge is 0.350 e. The predicted molar refractivity (Wildman–Crippen MR) is 84.6 cm³/mol. The summed E-state index contributed by atoms with van der Waals surface area (Å²) in [5, 5.41) is 8.32. The van der Waals surface area contributed by atoms with Gasteiger partial charge >= 0.3 is 0 Å². The van der Waals surface area contributed by atoms with E-state index in [1.165, 1.54) is 11.1 Å². The molecule has 0 unspecified atom stereocenters. The maximum Gasteiger partial charge on any atom is 0.237 e. The Balaban J connectivity index is 1.59. The Kier molecular flexibility index (Phi) is 4.19. The number of amides is 1. The van der Waals surface area contributed by atoms with Crippen molar-refractivity contribution in [2.75, 3.05) is 0 Å². The number of fused-ring (bicyclic) bond motifs is 1. The topological polar surface area (TPSA) is 41.1 Å². The van der Waals surface area contributed by atoms with Gasteiger partial charge < -0.3 is 10.6 Å². The first-order valence-corrected chi connectivity index (χ1v) is 8.20. The van der Waals surface area contributed by atoms with E-state index in [9.17, 15) is 4.79 Å². The third-order valence-electron chi connectivity index (χ3n) is 3.46. The fourth-order valence-corrected chi connectivity index (χ4v) is 3.77. The second kappa shape index (κ2) is 6.08. The maximum absolute atomic E-state index is 12.2. The zero-order valence-corrected chi connectivity index (χ0v) is 13.3. The van der Waals surface area contributed by atoms with E-state index in [2.05, 4.69) is 38.7 Å². The maximum atomic E-state index is 12.2. The van der Waals surface area contributed by atoms with Crippen molar-refractivity contribution in [3.05, 3.63) is 56.2 Å². The minimum Gasteiger partial charge on any atom is -0.350 e. The van der Waals surface area contributed by atoms with Crippen molar-refractivity contribution in [2.24, 2.45) is 0 Å². The van der Waals surface area contributed by atoms with Gasteiger partial charge in [0.05, 0.1) is 12.6 Å². The van der Waals surface area contributed by atoms with Gasteiger partial charge in [-0.25, -0.2) is 0 Å². The molecule has 104 valence electrons. The van der Waals surface area contributed by atoms with Gasteiger partial charge in [-0.2, -0.15) is 0 Å². The highest BCUT2D eigenvalue weighted by Gasteiger charge is 2.23. The summed E-state index contributed by atoms with van der Waals surface area (Å²) in [6.07, 6.45) is 0.760. The average Bonchev–Trinajstić information content (AvgIpc) is 2.90. The lowest BCUT2D eigenvalue weighted by Crippen LogP contribution is -2.47. The first-order chi connectivity index (χ1) is 9.72. The number of hydrogen-bond acceptors (Lipinski definition) is 3. The lowest BCUT2D eigenvalue weighted by molar-refractivity contribution is -0.123. The first kappa shape index (κ1) is 13.8. The molecule has 0 radical (unpaired) electrons. The molecule has 3 rings (SSSR count). The van der Waals surface area contributed by atoms with Crippen LogP contribution in [0.1, 0.15) is 16.0 Å². The summed E-state index contributed by atoms with van der Waals surface area (Å²) in [7, 11) is 0. The second-order valence-corrected chi connectivity index (χ2v) is 6.77. The molecular weight excluding hydrogens is 336 g/mol. The van der Waals surface area contributed by atoms with Crippen LogP contribution in [0.4, 0.5) is 0 Å². The average molecular weight is 351 g/mol. The normalized spacial score (nSPS) is 17.6. The SMILES string of the molecule is O=C(NCc1cc(Br)cs1)[C@@H]1Cc2ccccc2CN1. The highest BCUT2D eigenvalue weighted by atomic mass is 79.9. The fourth-order valence-electron chi connectivity index (χ4n) is 2.38. The Morgan fingerprint density at radius 2 is 2.20 bits per heavy atom. The van der Waals surface area contributed by atoms with Crippen molar-refractivity contribution in [2.45, 2.75) is 25.6 Å². The highest BCUT2D eigenvalue weighted by molar-refractivity contribution is 9.10. The van der Waals surface area contributed by atoms with Gasteiger partial charge in [0, 0.05) is 21.3 Å². The molecule has 1 aromatic heterocycles. The molecule has 3 nitrogen and oxygen atoms in total. The monoisotopic (exact) mass is 350 g/mol. The first-order valence-electron chi connectivity index (χ1n) is 6.53. The molecule has 1 atom stereocenters. The summed E-state index contributed by atoms with van der Waals surface area (Å²) in [5.74, 6) is 0.0732. The summed E-state index contributed by atoms with van der Waals surface area (Å²) >= 11 is 5.06. The molecule has 1 aliphatic heterocycles. The smallest absolute Gasteiger partial charge is 0.237 e. The van der Waals surface area contributed by atoms with Gasteiger partial charge in [-0.1, -0.05) is 24.3 Å². The Labute approximate surface area is 130 Å². The van der Waals surface area contributed by atoms with Crippen molar-refractivity contribution in [1.29, 1.82) is 0 Å². The van der Waals surface area contributed by atoms with E-state index < -0.39 is 0 Å². The lowest BCUT2D eigenvalue weighted by Gasteiger charge is -2.25. The quantitative estimate of drug-likeness (QED) is 0.893. The molecule has 5 heteroatoms. The Morgan fingerprint density at radius 1 is 1.40 bits per heavy atom. The summed E-state index contributed by atoms with van der Waals surface area (Å²) in [6, 6.07) is 10.2. The van der Waals surface area contributed by atoms with Crippen LogP contribution in [0.3, 0.4) is 0 Å². The van der Waals surface area contributed by atoms with E-state index >= 15 is 0 Å². The van der Waals surface area contributed by atoms with Crippen LogP contribution in [0.25, 0.3) is 0 Å². The zero-order chi connectivity index (χ0) is 13.9. The number of carbonyl (C=O) groups is 1. The number of halogens is 1. The van der Waals surface area contributed by atoms with Gasteiger partial charge in [0.15, 0.2) is 0 Å². The van der Waals surface area contributed by atoms with E-state index in [1.807, 2.05) is 23.6 Å². The van der Waals surface area contributed by atoms with Gasteiger partial charge in [-0.3, -0.25) is 4.79 Å². The molecule has 2 aromatic rings. The molecular formula is C15H15BrN2OS. The van der Waals surface area contributed by atoms with Crippen molar-refractivity contribution in [3.8, 4) is 0 Å². The minimum atomic E-state index is -0.131. The molecule has 1 amide bonds. The van der Waals surface area contributed by atoms with Gasteiger partial charge in [-0.15, -0.1) is 11.3 Å². The number of thiophene rings is 1. The third kappa shape index (κ3) is 3.11. The molecule has 0 aliphatic carbocycles. The van der Waals surface area contributed by atoms with Crippen LogP contribution in [0.2, 0.25) is 0 Å². The highest BCUT2D eigenvalue weighted by Crippen LogP contribution is 2.20. The Morgan fingerprint density at radius 3 is 2.95 bits per heavy atom. The van der Waals surface area contributed by atoms with Crippen LogP contribution in [0.5, 0.6) is 0 Å². The summed E-state index contributed by atoms with van der Waals surface area (Å²) in [6.45, 7) is 1.35. The molecule has 1 aliphatic rings. The fraction of sp³-hybridized carbons (Fsp3) is 0.267. The summed E-state index contributed by atoms with van der Waals surface area (Å²) < 4.78 is 1.07. The molecule has 0 saturated heterocycles. The molecule has 0 saturated carbocycles. The molecule has 0 bridgehead atoms. The van der Waals surface area contributed by atoms with Crippen LogP contribution in [0, 0.1) is 0 Å². The second-order valence-electron chi connectivity index (χ2n) is 4.86. The zero-order valence-electron chi connectivity index (χ0n) is 10.9. The van der Waals surface area contributed by atoms with E-state index in [0.717, 1.165) is 22.3 Å². The predicted octanol–water partition coefficient (Wildman–Crippen LogP) is 2.84. The van der Waals surface area contributed by atoms with Gasteiger partial charge in [0.2, 0.25) is 5.91 Å². The van der Waals surface area contributed by atoms with E-state index in [0.29, 0.717) is 6.54 Å².